The van der Waals surface area contributed by atoms with Crippen molar-refractivity contribution in [2.75, 3.05) is 44.6 Å². The molecule has 7 heteroatoms. The lowest BCUT2D eigenvalue weighted by Crippen LogP contribution is -2.51. The summed E-state index contributed by atoms with van der Waals surface area (Å²) in [5, 5.41) is 11.9. The average Bonchev–Trinajstić information content (AvgIpc) is 2.78. The Morgan fingerprint density at radius 2 is 1.87 bits per heavy atom. The molecular weight excluding hydrogens is 380 g/mol. The van der Waals surface area contributed by atoms with Gasteiger partial charge in [-0.3, -0.25) is 14.5 Å². The second kappa shape index (κ2) is 10.4. The quantitative estimate of drug-likeness (QED) is 0.763. The first kappa shape index (κ1) is 21.3. The smallest absolute Gasteiger partial charge is 0.260 e. The second-order valence-corrected chi connectivity index (χ2v) is 7.14. The summed E-state index contributed by atoms with van der Waals surface area (Å²) >= 11 is 0. The van der Waals surface area contributed by atoms with Crippen molar-refractivity contribution in [1.82, 2.24) is 9.80 Å². The maximum Gasteiger partial charge on any atom is 0.260 e. The first-order chi connectivity index (χ1) is 14.6. The molecule has 1 aliphatic rings. The van der Waals surface area contributed by atoms with Crippen LogP contribution < -0.4 is 10.1 Å². The minimum absolute atomic E-state index is 0.0450. The van der Waals surface area contributed by atoms with Crippen LogP contribution in [0.15, 0.2) is 48.5 Å². The number of anilines is 1. The molecule has 2 aromatic rings. The lowest BCUT2D eigenvalue weighted by Gasteiger charge is -2.34. The van der Waals surface area contributed by atoms with Gasteiger partial charge in [0.05, 0.1) is 18.2 Å². The van der Waals surface area contributed by atoms with Crippen LogP contribution in [0.1, 0.15) is 18.1 Å². The molecule has 0 aromatic heterocycles. The van der Waals surface area contributed by atoms with Gasteiger partial charge in [-0.25, -0.2) is 0 Å². The van der Waals surface area contributed by atoms with E-state index in [0.717, 1.165) is 17.7 Å². The number of hydrogen-bond donors (Lipinski definition) is 1. The monoisotopic (exact) mass is 406 g/mol. The molecular formula is C23H26N4O3. The van der Waals surface area contributed by atoms with Gasteiger partial charge >= 0.3 is 0 Å². The number of nitrogens with zero attached hydrogens (tertiary/aromatic N) is 3. The summed E-state index contributed by atoms with van der Waals surface area (Å²) in [4.78, 5) is 28.6. The third-order valence-corrected chi connectivity index (χ3v) is 5.09. The van der Waals surface area contributed by atoms with Gasteiger partial charge in [0.1, 0.15) is 5.75 Å². The number of hydrogen-bond acceptors (Lipinski definition) is 5. The van der Waals surface area contributed by atoms with Gasteiger partial charge in [0.15, 0.2) is 6.61 Å². The average molecular weight is 406 g/mol. The Morgan fingerprint density at radius 3 is 2.60 bits per heavy atom. The van der Waals surface area contributed by atoms with E-state index in [0.29, 0.717) is 44.0 Å². The Labute approximate surface area is 176 Å². The summed E-state index contributed by atoms with van der Waals surface area (Å²) in [5.74, 6) is 0.361. The van der Waals surface area contributed by atoms with Gasteiger partial charge in [0.25, 0.3) is 5.91 Å². The molecule has 1 heterocycles. The Morgan fingerprint density at radius 1 is 1.10 bits per heavy atom. The molecule has 0 unspecified atom stereocenters. The molecule has 1 fully saturated rings. The molecule has 1 N–H and O–H groups in total. The Hall–Kier alpha value is -3.37. The number of carbonyl (C=O) groups is 2. The van der Waals surface area contributed by atoms with Crippen molar-refractivity contribution < 1.29 is 14.3 Å². The van der Waals surface area contributed by atoms with Crippen LogP contribution in [-0.2, 0) is 16.0 Å². The zero-order valence-electron chi connectivity index (χ0n) is 17.1. The zero-order valence-corrected chi connectivity index (χ0v) is 17.1. The highest BCUT2D eigenvalue weighted by molar-refractivity contribution is 5.93. The normalized spacial score (nSPS) is 14.1. The van der Waals surface area contributed by atoms with Gasteiger partial charge in [-0.1, -0.05) is 31.2 Å². The number of para-hydroxylation sites is 1. The van der Waals surface area contributed by atoms with Crippen LogP contribution in [0, 0.1) is 11.3 Å². The molecule has 0 spiro atoms. The minimum Gasteiger partial charge on any atom is -0.484 e. The number of benzene rings is 2. The van der Waals surface area contributed by atoms with Crippen LogP contribution in [0.4, 0.5) is 5.69 Å². The van der Waals surface area contributed by atoms with Crippen LogP contribution in [0.25, 0.3) is 0 Å². The van der Waals surface area contributed by atoms with Crippen molar-refractivity contribution >= 4 is 17.5 Å². The van der Waals surface area contributed by atoms with E-state index < -0.39 is 0 Å². The Bertz CT molecular complexity index is 930. The van der Waals surface area contributed by atoms with Crippen molar-refractivity contribution in [3.63, 3.8) is 0 Å². The van der Waals surface area contributed by atoms with E-state index >= 15 is 0 Å². The molecule has 2 aromatic carbocycles. The fourth-order valence-corrected chi connectivity index (χ4v) is 3.39. The van der Waals surface area contributed by atoms with Gasteiger partial charge in [-0.15, -0.1) is 0 Å². The van der Waals surface area contributed by atoms with Gasteiger partial charge in [0.2, 0.25) is 5.91 Å². The number of amides is 2. The lowest BCUT2D eigenvalue weighted by molar-refractivity contribution is -0.135. The van der Waals surface area contributed by atoms with Crippen LogP contribution in [0.5, 0.6) is 5.75 Å². The number of nitrogens with one attached hydrogen (secondary N) is 1. The lowest BCUT2D eigenvalue weighted by atomic mass is 10.1. The van der Waals surface area contributed by atoms with E-state index in [2.05, 4.69) is 12.2 Å². The molecule has 2 amide bonds. The fourth-order valence-electron chi connectivity index (χ4n) is 3.39. The molecule has 0 saturated carbocycles. The highest BCUT2D eigenvalue weighted by atomic mass is 16.5. The predicted molar refractivity (Wildman–Crippen MR) is 114 cm³/mol. The third-order valence-electron chi connectivity index (χ3n) is 5.09. The first-order valence-electron chi connectivity index (χ1n) is 10.1. The maximum atomic E-state index is 12.4. The number of carbonyl (C=O) groups excluding carboxylic acids is 2. The van der Waals surface area contributed by atoms with Crippen molar-refractivity contribution in [2.24, 2.45) is 0 Å². The zero-order chi connectivity index (χ0) is 21.3. The molecule has 0 radical (unpaired) electrons. The van der Waals surface area contributed by atoms with E-state index in [9.17, 15) is 9.59 Å². The van der Waals surface area contributed by atoms with Gasteiger partial charge < -0.3 is 15.0 Å². The maximum absolute atomic E-state index is 12.4. The topological polar surface area (TPSA) is 85.7 Å². The number of piperazine rings is 1. The largest absolute Gasteiger partial charge is 0.484 e. The van der Waals surface area contributed by atoms with Crippen molar-refractivity contribution in [1.29, 1.82) is 5.26 Å². The van der Waals surface area contributed by atoms with E-state index in [-0.39, 0.29) is 18.4 Å². The molecule has 7 nitrogen and oxygen atoms in total. The van der Waals surface area contributed by atoms with E-state index in [1.807, 2.05) is 35.2 Å². The summed E-state index contributed by atoms with van der Waals surface area (Å²) < 4.78 is 5.52. The third kappa shape index (κ3) is 5.82. The van der Waals surface area contributed by atoms with Crippen LogP contribution in [-0.4, -0.2) is 60.9 Å². The molecule has 1 saturated heterocycles. The second-order valence-electron chi connectivity index (χ2n) is 7.14. The minimum atomic E-state index is -0.0988. The number of aryl methyl sites for hydroxylation is 1. The van der Waals surface area contributed by atoms with E-state index in [1.54, 1.807) is 29.2 Å². The summed E-state index contributed by atoms with van der Waals surface area (Å²) in [6.07, 6.45) is 0.861. The predicted octanol–water partition coefficient (Wildman–Crippen LogP) is 2.28. The van der Waals surface area contributed by atoms with Crippen molar-refractivity contribution in [3.8, 4) is 11.8 Å². The Kier molecular flexibility index (Phi) is 7.41. The van der Waals surface area contributed by atoms with Crippen LogP contribution >= 0.6 is 0 Å². The standard InChI is InChI=1S/C23H26N4O3/c1-2-19-7-3-4-9-21(19)25-22(28)16-26-10-12-27(13-11-26)23(29)17-30-20-8-5-6-18(14-20)15-24/h3-9,14H,2,10-13,16-17H2,1H3,(H,25,28). The molecule has 0 aliphatic carbocycles. The molecule has 0 bridgehead atoms. The van der Waals surface area contributed by atoms with Gasteiger partial charge in [-0.2, -0.15) is 5.26 Å². The summed E-state index contributed by atoms with van der Waals surface area (Å²) in [6, 6.07) is 16.6. The van der Waals surface area contributed by atoms with E-state index in [4.69, 9.17) is 10.00 Å². The number of nitriles is 1. The summed E-state index contributed by atoms with van der Waals surface area (Å²) in [5.41, 5.74) is 2.46. The number of ether oxygens (including phenoxy) is 1. The van der Waals surface area contributed by atoms with Crippen LogP contribution in [0.3, 0.4) is 0 Å². The summed E-state index contributed by atoms with van der Waals surface area (Å²) in [7, 11) is 0. The first-order valence-corrected chi connectivity index (χ1v) is 10.1. The Balaban J connectivity index is 1.42. The van der Waals surface area contributed by atoms with Crippen molar-refractivity contribution in [3.05, 3.63) is 59.7 Å². The molecule has 0 atom stereocenters. The van der Waals surface area contributed by atoms with Crippen molar-refractivity contribution in [2.45, 2.75) is 13.3 Å². The highest BCUT2D eigenvalue weighted by Gasteiger charge is 2.23. The number of rotatable bonds is 7. The van der Waals surface area contributed by atoms with Gasteiger partial charge in [-0.05, 0) is 36.2 Å². The van der Waals surface area contributed by atoms with Gasteiger partial charge in [0, 0.05) is 31.9 Å². The highest BCUT2D eigenvalue weighted by Crippen LogP contribution is 2.16. The molecule has 1 aliphatic heterocycles. The van der Waals surface area contributed by atoms with Crippen LogP contribution in [0.2, 0.25) is 0 Å². The van der Waals surface area contributed by atoms with E-state index in [1.165, 1.54) is 0 Å². The molecule has 3 rings (SSSR count). The summed E-state index contributed by atoms with van der Waals surface area (Å²) in [6.45, 7) is 4.68. The molecule has 156 valence electrons. The fraction of sp³-hybridized carbons (Fsp3) is 0.348. The SMILES string of the molecule is CCc1ccccc1NC(=O)CN1CCN(C(=O)COc2cccc(C#N)c2)CC1. The molecule has 30 heavy (non-hydrogen) atoms.